The first kappa shape index (κ1) is 21.2. The molecule has 0 heterocycles. The molecule has 0 aliphatic carbocycles. The largest absolute Gasteiger partial charge is 0.489 e. The highest BCUT2D eigenvalue weighted by Gasteiger charge is 2.12. The summed E-state index contributed by atoms with van der Waals surface area (Å²) < 4.78 is 5.99. The zero-order valence-corrected chi connectivity index (χ0v) is 18.1. The molecule has 0 aliphatic heterocycles. The van der Waals surface area contributed by atoms with Gasteiger partial charge in [0.15, 0.2) is 0 Å². The maximum absolute atomic E-state index is 6.06. The fourth-order valence-corrected chi connectivity index (χ4v) is 3.70. The van der Waals surface area contributed by atoms with Gasteiger partial charge in [-0.1, -0.05) is 96.5 Å². The quantitative estimate of drug-likeness (QED) is 0.310. The zero-order valence-electron chi connectivity index (χ0n) is 17.4. The number of hydrogen-bond donors (Lipinski definition) is 1. The van der Waals surface area contributed by atoms with E-state index in [1.807, 2.05) is 42.5 Å². The fraction of sp³-hybridized carbons (Fsp3) is 0.143. The molecule has 0 saturated heterocycles. The molecule has 0 aliphatic rings. The lowest BCUT2D eigenvalue weighted by atomic mass is 9.98. The van der Waals surface area contributed by atoms with Crippen molar-refractivity contribution >= 4 is 11.6 Å². The van der Waals surface area contributed by atoms with Crippen LogP contribution in [-0.4, -0.2) is 0 Å². The molecular formula is C28H26ClNO. The predicted molar refractivity (Wildman–Crippen MR) is 128 cm³/mol. The van der Waals surface area contributed by atoms with Crippen molar-refractivity contribution in [2.75, 3.05) is 0 Å². The summed E-state index contributed by atoms with van der Waals surface area (Å²) in [6.07, 6.45) is 0.894. The van der Waals surface area contributed by atoms with Gasteiger partial charge in [0.25, 0.3) is 0 Å². The Labute approximate surface area is 189 Å². The predicted octanol–water partition coefficient (Wildman–Crippen LogP) is 6.99. The van der Waals surface area contributed by atoms with E-state index in [0.717, 1.165) is 29.3 Å². The van der Waals surface area contributed by atoms with Crippen molar-refractivity contribution in [1.29, 1.82) is 0 Å². The molecule has 0 radical (unpaired) electrons. The molecule has 0 saturated carbocycles. The van der Waals surface area contributed by atoms with Crippen molar-refractivity contribution in [1.82, 2.24) is 5.32 Å². The second kappa shape index (κ2) is 10.8. The summed E-state index contributed by atoms with van der Waals surface area (Å²) in [6.45, 7) is 1.33. The van der Waals surface area contributed by atoms with Crippen LogP contribution in [0, 0.1) is 0 Å². The summed E-state index contributed by atoms with van der Waals surface area (Å²) in [4.78, 5) is 0. The fourth-order valence-electron chi connectivity index (χ4n) is 3.58. The number of nitrogens with one attached hydrogen (secondary N) is 1. The molecule has 1 unspecified atom stereocenters. The van der Waals surface area contributed by atoms with Crippen LogP contribution in [0.3, 0.4) is 0 Å². The number of benzene rings is 4. The Balaban J connectivity index is 1.42. The topological polar surface area (TPSA) is 21.3 Å². The monoisotopic (exact) mass is 427 g/mol. The lowest BCUT2D eigenvalue weighted by Crippen LogP contribution is -2.23. The van der Waals surface area contributed by atoms with Crippen LogP contribution < -0.4 is 10.1 Å². The third-order valence-corrected chi connectivity index (χ3v) is 5.51. The Hall–Kier alpha value is -3.07. The highest BCUT2D eigenvalue weighted by atomic mass is 35.5. The number of ether oxygens (including phenoxy) is 1. The number of rotatable bonds is 9. The molecule has 156 valence electrons. The molecule has 0 amide bonds. The summed E-state index contributed by atoms with van der Waals surface area (Å²) >= 11 is 6.06. The van der Waals surface area contributed by atoms with Crippen LogP contribution in [0.4, 0.5) is 0 Å². The van der Waals surface area contributed by atoms with Crippen molar-refractivity contribution in [3.63, 3.8) is 0 Å². The van der Waals surface area contributed by atoms with E-state index in [-0.39, 0.29) is 6.04 Å². The Kier molecular flexibility index (Phi) is 7.38. The molecule has 2 nitrogen and oxygen atoms in total. The van der Waals surface area contributed by atoms with Crippen molar-refractivity contribution in [3.8, 4) is 5.75 Å². The van der Waals surface area contributed by atoms with Gasteiger partial charge in [-0.15, -0.1) is 0 Å². The molecular weight excluding hydrogens is 402 g/mol. The Morgan fingerprint density at radius 1 is 0.677 bits per heavy atom. The second-order valence-corrected chi connectivity index (χ2v) is 8.03. The van der Waals surface area contributed by atoms with E-state index in [0.29, 0.717) is 6.61 Å². The van der Waals surface area contributed by atoms with E-state index in [4.69, 9.17) is 16.3 Å². The third kappa shape index (κ3) is 6.45. The maximum atomic E-state index is 6.06. The molecule has 1 N–H and O–H groups in total. The molecule has 1 atom stereocenters. The smallest absolute Gasteiger partial charge is 0.120 e. The second-order valence-electron chi connectivity index (χ2n) is 7.60. The molecule has 0 fully saturated rings. The molecule has 4 aromatic carbocycles. The van der Waals surface area contributed by atoms with Gasteiger partial charge in [0.2, 0.25) is 0 Å². The molecule has 3 heteroatoms. The first-order valence-corrected chi connectivity index (χ1v) is 10.9. The van der Waals surface area contributed by atoms with E-state index < -0.39 is 0 Å². The zero-order chi connectivity index (χ0) is 21.3. The molecule has 4 rings (SSSR count). The summed E-state index contributed by atoms with van der Waals surface area (Å²) in [6, 6.07) is 37.4. The van der Waals surface area contributed by atoms with Crippen LogP contribution in [0.25, 0.3) is 0 Å². The van der Waals surface area contributed by atoms with E-state index >= 15 is 0 Å². The van der Waals surface area contributed by atoms with Crippen molar-refractivity contribution in [2.45, 2.75) is 25.6 Å². The average Bonchev–Trinajstić information content (AvgIpc) is 2.83. The summed E-state index contributed by atoms with van der Waals surface area (Å²) in [5.74, 6) is 0.886. The molecule has 31 heavy (non-hydrogen) atoms. The minimum absolute atomic E-state index is 0.205. The minimum atomic E-state index is 0.205. The molecule has 0 bridgehead atoms. The SMILES string of the molecule is Clc1ccc(CC(NCc2cccc(OCc3ccccc3)c2)c2ccccc2)cc1. The summed E-state index contributed by atoms with van der Waals surface area (Å²) in [5.41, 5.74) is 4.89. The van der Waals surface area contributed by atoms with Crippen molar-refractivity contribution in [3.05, 3.63) is 136 Å². The normalized spacial score (nSPS) is 11.8. The Morgan fingerprint density at radius 3 is 2.10 bits per heavy atom. The summed E-state index contributed by atoms with van der Waals surface area (Å²) in [7, 11) is 0. The van der Waals surface area contributed by atoms with E-state index in [1.54, 1.807) is 0 Å². The number of halogens is 1. The highest BCUT2D eigenvalue weighted by Crippen LogP contribution is 2.21. The average molecular weight is 428 g/mol. The van der Waals surface area contributed by atoms with Crippen LogP contribution in [0.5, 0.6) is 5.75 Å². The lowest BCUT2D eigenvalue weighted by Gasteiger charge is -2.20. The third-order valence-electron chi connectivity index (χ3n) is 5.25. The first-order chi connectivity index (χ1) is 15.3. The molecule has 0 aromatic heterocycles. The van der Waals surface area contributed by atoms with Gasteiger partial charge >= 0.3 is 0 Å². The molecule has 0 spiro atoms. The van der Waals surface area contributed by atoms with Gasteiger partial charge in [-0.2, -0.15) is 0 Å². The van der Waals surface area contributed by atoms with Gasteiger partial charge < -0.3 is 10.1 Å². The van der Waals surface area contributed by atoms with Crippen molar-refractivity contribution < 1.29 is 4.74 Å². The summed E-state index contributed by atoms with van der Waals surface area (Å²) in [5, 5.41) is 4.49. The van der Waals surface area contributed by atoms with Crippen LogP contribution in [0.1, 0.15) is 28.3 Å². The minimum Gasteiger partial charge on any atom is -0.489 e. The standard InChI is InChI=1S/C28H26ClNO/c29-26-16-14-22(15-17-26)19-28(25-11-5-2-6-12-25)30-20-24-10-7-13-27(18-24)31-21-23-8-3-1-4-9-23/h1-18,28,30H,19-21H2. The van der Waals surface area contributed by atoms with E-state index in [2.05, 4.69) is 72.0 Å². The van der Waals surface area contributed by atoms with Gasteiger partial charge in [-0.3, -0.25) is 0 Å². The maximum Gasteiger partial charge on any atom is 0.120 e. The van der Waals surface area contributed by atoms with E-state index in [9.17, 15) is 0 Å². The van der Waals surface area contributed by atoms with Crippen LogP contribution in [0.15, 0.2) is 109 Å². The van der Waals surface area contributed by atoms with Gasteiger partial charge in [0.1, 0.15) is 12.4 Å². The van der Waals surface area contributed by atoms with Gasteiger partial charge in [-0.05, 0) is 52.9 Å². The van der Waals surface area contributed by atoms with E-state index in [1.165, 1.54) is 16.7 Å². The van der Waals surface area contributed by atoms with Crippen LogP contribution in [0.2, 0.25) is 5.02 Å². The van der Waals surface area contributed by atoms with Gasteiger partial charge in [0, 0.05) is 17.6 Å². The highest BCUT2D eigenvalue weighted by molar-refractivity contribution is 6.30. The Bertz CT molecular complexity index is 1060. The first-order valence-electron chi connectivity index (χ1n) is 10.5. The van der Waals surface area contributed by atoms with Gasteiger partial charge in [0.05, 0.1) is 0 Å². The Morgan fingerprint density at radius 2 is 1.35 bits per heavy atom. The van der Waals surface area contributed by atoms with Gasteiger partial charge in [-0.25, -0.2) is 0 Å². The lowest BCUT2D eigenvalue weighted by molar-refractivity contribution is 0.306. The van der Waals surface area contributed by atoms with Crippen LogP contribution in [-0.2, 0) is 19.6 Å². The number of hydrogen-bond acceptors (Lipinski definition) is 2. The van der Waals surface area contributed by atoms with Crippen molar-refractivity contribution in [2.24, 2.45) is 0 Å². The van der Waals surface area contributed by atoms with Crippen LogP contribution >= 0.6 is 11.6 Å². The molecule has 4 aromatic rings.